The molecular weight excluding hydrogens is 298 g/mol. The Morgan fingerprint density at radius 1 is 1.41 bits per heavy atom. The summed E-state index contributed by atoms with van der Waals surface area (Å²) in [6.07, 6.45) is 2.98. The first-order valence-corrected chi connectivity index (χ1v) is 9.12. The first kappa shape index (κ1) is 14.6. The summed E-state index contributed by atoms with van der Waals surface area (Å²) in [5.41, 5.74) is 0.591. The van der Waals surface area contributed by atoms with Crippen LogP contribution in [-0.4, -0.2) is 66.1 Å². The normalized spacial score (nSPS) is 29.4. The van der Waals surface area contributed by atoms with E-state index < -0.39 is 0 Å². The summed E-state index contributed by atoms with van der Waals surface area (Å²) in [6, 6.07) is 0. The standard InChI is InChI=1S/C16H23N3O2S/c1-11-17-14(10-22-11)16(20)19-8-13-7-18(6-12-2-3-12)4-5-21-15(13)9-19/h10,12-13,15H,2-9H2,1H3/t13-,15+/m0/s1. The average molecular weight is 321 g/mol. The van der Waals surface area contributed by atoms with Crippen molar-refractivity contribution in [2.45, 2.75) is 25.9 Å². The highest BCUT2D eigenvalue weighted by molar-refractivity contribution is 7.09. The lowest BCUT2D eigenvalue weighted by Crippen LogP contribution is -2.35. The number of carbonyl (C=O) groups is 1. The number of hydrogen-bond donors (Lipinski definition) is 0. The van der Waals surface area contributed by atoms with Gasteiger partial charge in [0.05, 0.1) is 17.7 Å². The fourth-order valence-corrected chi connectivity index (χ4v) is 4.17. The predicted molar refractivity (Wildman–Crippen MR) is 85.1 cm³/mol. The van der Waals surface area contributed by atoms with Crippen LogP contribution in [0.3, 0.4) is 0 Å². The number of aryl methyl sites for hydroxylation is 1. The number of hydrogen-bond acceptors (Lipinski definition) is 5. The Labute approximate surface area is 135 Å². The van der Waals surface area contributed by atoms with Crippen LogP contribution in [0.5, 0.6) is 0 Å². The first-order valence-electron chi connectivity index (χ1n) is 8.24. The molecule has 120 valence electrons. The third kappa shape index (κ3) is 3.05. The van der Waals surface area contributed by atoms with E-state index in [-0.39, 0.29) is 12.0 Å². The molecule has 4 rings (SSSR count). The molecule has 6 heteroatoms. The smallest absolute Gasteiger partial charge is 0.273 e. The highest BCUT2D eigenvalue weighted by atomic mass is 32.1. The van der Waals surface area contributed by atoms with Gasteiger partial charge in [-0.25, -0.2) is 4.98 Å². The van der Waals surface area contributed by atoms with Crippen LogP contribution in [0.1, 0.15) is 28.3 Å². The summed E-state index contributed by atoms with van der Waals surface area (Å²) in [5.74, 6) is 1.42. The second-order valence-electron chi connectivity index (χ2n) is 6.83. The zero-order valence-corrected chi connectivity index (χ0v) is 13.8. The number of ether oxygens (including phenoxy) is 1. The second-order valence-corrected chi connectivity index (χ2v) is 7.90. The highest BCUT2D eigenvalue weighted by Crippen LogP contribution is 2.32. The average Bonchev–Trinajstić information content (AvgIpc) is 3.13. The van der Waals surface area contributed by atoms with Crippen LogP contribution >= 0.6 is 11.3 Å². The number of amides is 1. The first-order chi connectivity index (χ1) is 10.7. The molecular formula is C16H23N3O2S. The summed E-state index contributed by atoms with van der Waals surface area (Å²) in [5, 5.41) is 2.81. The van der Waals surface area contributed by atoms with Crippen molar-refractivity contribution in [3.63, 3.8) is 0 Å². The number of aromatic nitrogens is 1. The van der Waals surface area contributed by atoms with Crippen molar-refractivity contribution in [1.29, 1.82) is 0 Å². The largest absolute Gasteiger partial charge is 0.375 e. The topological polar surface area (TPSA) is 45.7 Å². The number of likely N-dealkylation sites (tertiary alicyclic amines) is 1. The van der Waals surface area contributed by atoms with Gasteiger partial charge in [-0.05, 0) is 25.7 Å². The van der Waals surface area contributed by atoms with Gasteiger partial charge in [0.25, 0.3) is 5.91 Å². The van der Waals surface area contributed by atoms with Gasteiger partial charge in [-0.15, -0.1) is 11.3 Å². The lowest BCUT2D eigenvalue weighted by atomic mass is 10.1. The van der Waals surface area contributed by atoms with Crippen molar-refractivity contribution >= 4 is 17.2 Å². The van der Waals surface area contributed by atoms with Gasteiger partial charge >= 0.3 is 0 Å². The summed E-state index contributed by atoms with van der Waals surface area (Å²) in [6.45, 7) is 7.59. The van der Waals surface area contributed by atoms with Crippen LogP contribution in [0.25, 0.3) is 0 Å². The van der Waals surface area contributed by atoms with Gasteiger partial charge in [0, 0.05) is 44.0 Å². The second kappa shape index (κ2) is 5.91. The molecule has 2 saturated heterocycles. The molecule has 0 unspecified atom stereocenters. The van der Waals surface area contributed by atoms with E-state index >= 15 is 0 Å². The summed E-state index contributed by atoms with van der Waals surface area (Å²) >= 11 is 1.54. The summed E-state index contributed by atoms with van der Waals surface area (Å²) in [7, 11) is 0. The molecule has 0 aromatic carbocycles. The quantitative estimate of drug-likeness (QED) is 0.849. The molecule has 22 heavy (non-hydrogen) atoms. The van der Waals surface area contributed by atoms with E-state index in [0.717, 1.165) is 43.7 Å². The highest BCUT2D eigenvalue weighted by Gasteiger charge is 2.39. The molecule has 2 atom stereocenters. The maximum absolute atomic E-state index is 12.6. The van der Waals surface area contributed by atoms with Crippen LogP contribution in [0, 0.1) is 18.8 Å². The van der Waals surface area contributed by atoms with Crippen LogP contribution in [-0.2, 0) is 4.74 Å². The van der Waals surface area contributed by atoms with Gasteiger partial charge in [-0.2, -0.15) is 0 Å². The van der Waals surface area contributed by atoms with E-state index in [1.54, 1.807) is 0 Å². The molecule has 3 aliphatic rings. The lowest BCUT2D eigenvalue weighted by molar-refractivity contribution is 0.0483. The molecule has 1 saturated carbocycles. The van der Waals surface area contributed by atoms with Crippen LogP contribution in [0.2, 0.25) is 0 Å². The maximum Gasteiger partial charge on any atom is 0.273 e. The lowest BCUT2D eigenvalue weighted by Gasteiger charge is -2.23. The van der Waals surface area contributed by atoms with Crippen LogP contribution < -0.4 is 0 Å². The fraction of sp³-hybridized carbons (Fsp3) is 0.750. The Morgan fingerprint density at radius 2 is 2.27 bits per heavy atom. The van der Waals surface area contributed by atoms with Gasteiger partial charge in [0.15, 0.2) is 0 Å². The summed E-state index contributed by atoms with van der Waals surface area (Å²) < 4.78 is 6.03. The Hall–Kier alpha value is -0.980. The van der Waals surface area contributed by atoms with Crippen molar-refractivity contribution in [3.05, 3.63) is 16.1 Å². The van der Waals surface area contributed by atoms with E-state index in [9.17, 15) is 4.79 Å². The molecule has 0 bridgehead atoms. The van der Waals surface area contributed by atoms with Crippen LogP contribution in [0.4, 0.5) is 0 Å². The van der Waals surface area contributed by atoms with E-state index in [1.165, 1.54) is 30.7 Å². The Balaban J connectivity index is 1.40. The summed E-state index contributed by atoms with van der Waals surface area (Å²) in [4.78, 5) is 21.4. The molecule has 3 fully saturated rings. The fourth-order valence-electron chi connectivity index (χ4n) is 3.58. The molecule has 1 aliphatic carbocycles. The number of thiazole rings is 1. The zero-order valence-electron chi connectivity index (χ0n) is 13.0. The van der Waals surface area contributed by atoms with Gasteiger partial charge in [0.1, 0.15) is 5.69 Å². The molecule has 5 nitrogen and oxygen atoms in total. The minimum absolute atomic E-state index is 0.0646. The Bertz CT molecular complexity index is 557. The number of rotatable bonds is 3. The third-order valence-electron chi connectivity index (χ3n) is 4.95. The van der Waals surface area contributed by atoms with Crippen molar-refractivity contribution < 1.29 is 9.53 Å². The molecule has 1 amide bonds. The van der Waals surface area contributed by atoms with Crippen molar-refractivity contribution in [2.75, 3.05) is 39.3 Å². The molecule has 1 aromatic heterocycles. The SMILES string of the molecule is Cc1nc(C(=O)N2C[C@@H]3CN(CC4CC4)CCO[C@@H]3C2)cs1. The molecule has 0 radical (unpaired) electrons. The molecule has 1 aromatic rings. The van der Waals surface area contributed by atoms with Gasteiger partial charge in [-0.3, -0.25) is 4.79 Å². The minimum Gasteiger partial charge on any atom is -0.375 e. The minimum atomic E-state index is 0.0646. The third-order valence-corrected chi connectivity index (χ3v) is 5.73. The molecule has 0 spiro atoms. The molecule has 3 heterocycles. The molecule has 2 aliphatic heterocycles. The number of nitrogens with zero attached hydrogens (tertiary/aromatic N) is 3. The monoisotopic (exact) mass is 321 g/mol. The van der Waals surface area contributed by atoms with E-state index in [1.807, 2.05) is 17.2 Å². The Morgan fingerprint density at radius 3 is 3.00 bits per heavy atom. The number of carbonyl (C=O) groups excluding carboxylic acids is 1. The number of fused-ring (bicyclic) bond motifs is 1. The van der Waals surface area contributed by atoms with Gasteiger partial charge in [-0.1, -0.05) is 0 Å². The van der Waals surface area contributed by atoms with Crippen molar-refractivity contribution in [3.8, 4) is 0 Å². The maximum atomic E-state index is 12.6. The Kier molecular flexibility index (Phi) is 3.92. The van der Waals surface area contributed by atoms with E-state index in [0.29, 0.717) is 11.6 Å². The van der Waals surface area contributed by atoms with E-state index in [4.69, 9.17) is 4.74 Å². The van der Waals surface area contributed by atoms with E-state index in [2.05, 4.69) is 9.88 Å². The zero-order chi connectivity index (χ0) is 15.1. The predicted octanol–water partition coefficient (Wildman–Crippen LogP) is 1.63. The van der Waals surface area contributed by atoms with Gasteiger partial charge < -0.3 is 14.5 Å². The van der Waals surface area contributed by atoms with Crippen molar-refractivity contribution in [2.24, 2.45) is 11.8 Å². The van der Waals surface area contributed by atoms with Gasteiger partial charge in [0.2, 0.25) is 0 Å². The molecule has 0 N–H and O–H groups in total. The van der Waals surface area contributed by atoms with Crippen molar-refractivity contribution in [1.82, 2.24) is 14.8 Å². The van der Waals surface area contributed by atoms with Crippen LogP contribution in [0.15, 0.2) is 5.38 Å².